The van der Waals surface area contributed by atoms with Gasteiger partial charge in [0.05, 0.1) is 25.8 Å². The first-order chi connectivity index (χ1) is 13.0. The molecule has 0 aliphatic carbocycles. The van der Waals surface area contributed by atoms with Crippen molar-refractivity contribution in [3.05, 3.63) is 58.1 Å². The molecular weight excluding hydrogens is 410 g/mol. The summed E-state index contributed by atoms with van der Waals surface area (Å²) in [4.78, 5) is 27.3. The molecule has 5 nitrogen and oxygen atoms in total. The van der Waals surface area contributed by atoms with E-state index in [1.165, 1.54) is 4.90 Å². The van der Waals surface area contributed by atoms with E-state index < -0.39 is 17.5 Å². The van der Waals surface area contributed by atoms with Crippen LogP contribution in [0.4, 0.5) is 5.69 Å². The van der Waals surface area contributed by atoms with E-state index >= 15 is 0 Å². The van der Waals surface area contributed by atoms with Crippen molar-refractivity contribution in [3.8, 4) is 18.1 Å². The predicted molar refractivity (Wildman–Crippen MR) is 103 cm³/mol. The fourth-order valence-corrected chi connectivity index (χ4v) is 4.30. The van der Waals surface area contributed by atoms with Gasteiger partial charge in [0.25, 0.3) is 5.91 Å². The summed E-state index contributed by atoms with van der Waals surface area (Å²) in [7, 11) is 1.59. The highest BCUT2D eigenvalue weighted by molar-refractivity contribution is 9.10. The number of ether oxygens (including phenoxy) is 2. The molecule has 0 unspecified atom stereocenters. The fraction of sp³-hybridized carbons (Fsp3) is 0.238. The van der Waals surface area contributed by atoms with E-state index in [-0.39, 0.29) is 18.9 Å². The van der Waals surface area contributed by atoms with Crippen LogP contribution in [0.3, 0.4) is 0 Å². The fourth-order valence-electron chi connectivity index (χ4n) is 3.94. The molecule has 0 bridgehead atoms. The summed E-state index contributed by atoms with van der Waals surface area (Å²) in [6, 6.07) is 12.8. The topological polar surface area (TPSA) is 55.8 Å². The van der Waals surface area contributed by atoms with Crippen LogP contribution in [0.15, 0.2) is 46.9 Å². The summed E-state index contributed by atoms with van der Waals surface area (Å²) >= 11 is 3.46. The van der Waals surface area contributed by atoms with Crippen molar-refractivity contribution in [1.29, 1.82) is 0 Å². The number of nitrogens with zero attached hydrogens (tertiary/aromatic N) is 1. The number of hydrogen-bond acceptors (Lipinski definition) is 4. The largest absolute Gasteiger partial charge is 0.497 e. The lowest BCUT2D eigenvalue weighted by Gasteiger charge is -2.28. The zero-order valence-corrected chi connectivity index (χ0v) is 16.2. The molecule has 0 N–H and O–H groups in total. The van der Waals surface area contributed by atoms with E-state index in [2.05, 4.69) is 21.9 Å². The van der Waals surface area contributed by atoms with Crippen molar-refractivity contribution < 1.29 is 19.1 Å². The Morgan fingerprint density at radius 3 is 2.70 bits per heavy atom. The molecule has 2 aliphatic heterocycles. The minimum Gasteiger partial charge on any atom is -0.497 e. The maximum Gasteiger partial charge on any atom is 0.308 e. The number of amides is 1. The average molecular weight is 426 g/mol. The first-order valence-electron chi connectivity index (χ1n) is 8.42. The Labute approximate surface area is 165 Å². The van der Waals surface area contributed by atoms with Crippen molar-refractivity contribution in [3.63, 3.8) is 0 Å². The number of esters is 1. The smallest absolute Gasteiger partial charge is 0.308 e. The van der Waals surface area contributed by atoms with Gasteiger partial charge in [0.1, 0.15) is 5.75 Å². The number of anilines is 1. The lowest BCUT2D eigenvalue weighted by atomic mass is 9.78. The highest BCUT2D eigenvalue weighted by Gasteiger charge is 2.63. The molecule has 1 amide bonds. The molecule has 1 spiro atoms. The Kier molecular flexibility index (Phi) is 4.20. The zero-order chi connectivity index (χ0) is 19.2. The number of halogens is 1. The third-order valence-corrected chi connectivity index (χ3v) is 5.61. The first-order valence-corrected chi connectivity index (χ1v) is 9.22. The van der Waals surface area contributed by atoms with Crippen molar-refractivity contribution in [2.24, 2.45) is 0 Å². The standard InChI is InChI=1S/C21H16BrNO4/c1-3-10-23-18-9-6-14(22)11-17(18)21(20(23)25)16(12-19(24)27-21)13-4-7-15(26-2)8-5-13/h1,4-9,11,16H,10,12H2,2H3/t16-,21+/m1/s1. The Hall–Kier alpha value is -2.78. The molecule has 2 heterocycles. The summed E-state index contributed by atoms with van der Waals surface area (Å²) < 4.78 is 11.8. The number of fused-ring (bicyclic) bond motifs is 2. The van der Waals surface area contributed by atoms with Gasteiger partial charge in [0, 0.05) is 16.0 Å². The van der Waals surface area contributed by atoms with E-state index in [0.717, 1.165) is 10.0 Å². The molecule has 0 radical (unpaired) electrons. The number of methoxy groups -OCH3 is 1. The SMILES string of the molecule is C#CCN1C(=O)[C@@]2(OC(=O)C[C@@H]2c2ccc(OC)cc2)c2cc(Br)ccc21. The average Bonchev–Trinajstić information content (AvgIpc) is 3.13. The van der Waals surface area contributed by atoms with Gasteiger partial charge in [-0.3, -0.25) is 14.5 Å². The minimum absolute atomic E-state index is 0.113. The Bertz CT molecular complexity index is 979. The highest BCUT2D eigenvalue weighted by atomic mass is 79.9. The molecule has 27 heavy (non-hydrogen) atoms. The quantitative estimate of drug-likeness (QED) is 0.558. The van der Waals surface area contributed by atoms with Gasteiger partial charge in [0.15, 0.2) is 0 Å². The molecule has 1 saturated heterocycles. The lowest BCUT2D eigenvalue weighted by Crippen LogP contribution is -2.43. The van der Waals surface area contributed by atoms with Gasteiger partial charge in [-0.05, 0) is 35.9 Å². The van der Waals surface area contributed by atoms with Crippen molar-refractivity contribution in [2.45, 2.75) is 17.9 Å². The number of rotatable bonds is 3. The number of benzene rings is 2. The van der Waals surface area contributed by atoms with E-state index in [0.29, 0.717) is 17.0 Å². The summed E-state index contributed by atoms with van der Waals surface area (Å²) in [5, 5.41) is 0. The molecule has 2 atom stereocenters. The monoisotopic (exact) mass is 425 g/mol. The second kappa shape index (κ2) is 6.43. The second-order valence-electron chi connectivity index (χ2n) is 6.50. The lowest BCUT2D eigenvalue weighted by molar-refractivity contribution is -0.157. The molecule has 2 aromatic rings. The Balaban J connectivity index is 1.90. The maximum atomic E-state index is 13.5. The van der Waals surface area contributed by atoms with E-state index in [4.69, 9.17) is 15.9 Å². The highest BCUT2D eigenvalue weighted by Crippen LogP contribution is 2.56. The van der Waals surface area contributed by atoms with Crippen LogP contribution in [0.25, 0.3) is 0 Å². The zero-order valence-electron chi connectivity index (χ0n) is 14.6. The normalized spacial score (nSPS) is 23.3. The van der Waals surface area contributed by atoms with Crippen LogP contribution in [0.5, 0.6) is 5.75 Å². The van der Waals surface area contributed by atoms with Crippen LogP contribution in [0.1, 0.15) is 23.5 Å². The maximum absolute atomic E-state index is 13.5. The molecular formula is C21H16BrNO4. The van der Waals surface area contributed by atoms with Crippen LogP contribution in [-0.4, -0.2) is 25.5 Å². The van der Waals surface area contributed by atoms with Crippen LogP contribution >= 0.6 is 15.9 Å². The summed E-state index contributed by atoms with van der Waals surface area (Å²) in [6.07, 6.45) is 5.59. The van der Waals surface area contributed by atoms with Crippen LogP contribution in [0, 0.1) is 12.3 Å². The second-order valence-corrected chi connectivity index (χ2v) is 7.41. The molecule has 6 heteroatoms. The number of carbonyl (C=O) groups excluding carboxylic acids is 2. The van der Waals surface area contributed by atoms with Gasteiger partial charge >= 0.3 is 5.97 Å². The number of terminal acetylenes is 1. The van der Waals surface area contributed by atoms with Crippen molar-refractivity contribution in [2.75, 3.05) is 18.6 Å². The molecule has 4 rings (SSSR count). The third kappa shape index (κ3) is 2.54. The number of carbonyl (C=O) groups is 2. The summed E-state index contributed by atoms with van der Waals surface area (Å²) in [5.41, 5.74) is 0.767. The van der Waals surface area contributed by atoms with Gasteiger partial charge in [-0.2, -0.15) is 0 Å². The summed E-state index contributed by atoms with van der Waals surface area (Å²) in [5.74, 6) is 2.07. The third-order valence-electron chi connectivity index (χ3n) is 5.12. The predicted octanol–water partition coefficient (Wildman–Crippen LogP) is 3.36. The van der Waals surface area contributed by atoms with E-state index in [9.17, 15) is 9.59 Å². The molecule has 2 aliphatic rings. The van der Waals surface area contributed by atoms with Crippen LogP contribution in [-0.2, 0) is 19.9 Å². The first kappa shape index (κ1) is 17.6. The van der Waals surface area contributed by atoms with Crippen molar-refractivity contribution >= 4 is 33.5 Å². The van der Waals surface area contributed by atoms with Crippen LogP contribution in [0.2, 0.25) is 0 Å². The van der Waals surface area contributed by atoms with Gasteiger partial charge < -0.3 is 9.47 Å². The van der Waals surface area contributed by atoms with E-state index in [1.54, 1.807) is 7.11 Å². The molecule has 2 aromatic carbocycles. The molecule has 136 valence electrons. The van der Waals surface area contributed by atoms with Gasteiger partial charge in [-0.1, -0.05) is 34.0 Å². The Morgan fingerprint density at radius 1 is 1.30 bits per heavy atom. The minimum atomic E-state index is -1.40. The van der Waals surface area contributed by atoms with E-state index in [1.807, 2.05) is 42.5 Å². The van der Waals surface area contributed by atoms with Gasteiger partial charge in [-0.15, -0.1) is 6.42 Å². The molecule has 1 fully saturated rings. The molecule has 0 aromatic heterocycles. The van der Waals surface area contributed by atoms with Gasteiger partial charge in [-0.25, -0.2) is 0 Å². The summed E-state index contributed by atoms with van der Waals surface area (Å²) in [6.45, 7) is 0.113. The van der Waals surface area contributed by atoms with Crippen LogP contribution < -0.4 is 9.64 Å². The van der Waals surface area contributed by atoms with Crippen molar-refractivity contribution in [1.82, 2.24) is 0 Å². The van der Waals surface area contributed by atoms with Gasteiger partial charge in [0.2, 0.25) is 5.60 Å². The number of hydrogen-bond donors (Lipinski definition) is 0. The Morgan fingerprint density at radius 2 is 2.04 bits per heavy atom. The molecule has 0 saturated carbocycles.